The maximum absolute atomic E-state index is 12.3. The van der Waals surface area contributed by atoms with Crippen LogP contribution in [0.4, 0.5) is 10.5 Å². The van der Waals surface area contributed by atoms with Crippen molar-refractivity contribution in [3.63, 3.8) is 0 Å². The Morgan fingerprint density at radius 3 is 2.41 bits per heavy atom. The zero-order valence-corrected chi connectivity index (χ0v) is 17.4. The molecule has 6 nitrogen and oxygen atoms in total. The Balaban J connectivity index is 1.89. The Hall–Kier alpha value is -3.33. The molecule has 0 heterocycles. The van der Waals surface area contributed by atoms with E-state index in [0.717, 1.165) is 11.1 Å². The van der Waals surface area contributed by atoms with Crippen molar-refractivity contribution in [2.24, 2.45) is 0 Å². The third kappa shape index (κ3) is 7.67. The fourth-order valence-corrected chi connectivity index (χ4v) is 2.65. The third-order valence-electron chi connectivity index (χ3n) is 4.06. The minimum Gasteiger partial charge on any atom is -0.444 e. The second kappa shape index (κ2) is 9.74. The molecule has 6 heteroatoms. The van der Waals surface area contributed by atoms with Gasteiger partial charge in [-0.05, 0) is 62.6 Å². The van der Waals surface area contributed by atoms with Gasteiger partial charge in [0.05, 0.1) is 11.6 Å². The molecule has 0 aliphatic carbocycles. The largest absolute Gasteiger partial charge is 0.444 e. The van der Waals surface area contributed by atoms with Gasteiger partial charge in [0.15, 0.2) is 0 Å². The molecule has 0 aliphatic rings. The van der Waals surface area contributed by atoms with Crippen molar-refractivity contribution in [2.75, 3.05) is 12.4 Å². The highest BCUT2D eigenvalue weighted by molar-refractivity contribution is 5.90. The van der Waals surface area contributed by atoms with Crippen LogP contribution in [-0.4, -0.2) is 29.5 Å². The maximum Gasteiger partial charge on any atom is 0.410 e. The molecule has 0 unspecified atom stereocenters. The second-order valence-electron chi connectivity index (χ2n) is 7.89. The lowest BCUT2D eigenvalue weighted by atomic mass is 10.1. The number of hydrogen-bond donors (Lipinski definition) is 1. The first kappa shape index (κ1) is 22.0. The number of amides is 2. The highest BCUT2D eigenvalue weighted by Gasteiger charge is 2.19. The van der Waals surface area contributed by atoms with Gasteiger partial charge >= 0.3 is 6.09 Å². The summed E-state index contributed by atoms with van der Waals surface area (Å²) in [5.41, 5.74) is 2.64. The molecule has 0 radical (unpaired) electrons. The molecule has 2 aromatic rings. The number of nitrogens with zero attached hydrogens (tertiary/aromatic N) is 2. The molecule has 0 spiro atoms. The van der Waals surface area contributed by atoms with E-state index >= 15 is 0 Å². The summed E-state index contributed by atoms with van der Waals surface area (Å²) in [4.78, 5) is 25.9. The van der Waals surface area contributed by atoms with Crippen molar-refractivity contribution in [2.45, 2.75) is 45.8 Å². The molecular formula is C23H27N3O3. The Labute approximate surface area is 172 Å². The lowest BCUT2D eigenvalue weighted by Gasteiger charge is -2.24. The number of benzene rings is 2. The molecule has 152 valence electrons. The fraction of sp³-hybridized carbons (Fsp3) is 0.348. The van der Waals surface area contributed by atoms with E-state index in [0.29, 0.717) is 30.6 Å². The van der Waals surface area contributed by atoms with E-state index in [9.17, 15) is 9.59 Å². The summed E-state index contributed by atoms with van der Waals surface area (Å²) in [6.07, 6.45) is 0.543. The zero-order chi connectivity index (χ0) is 21.4. The summed E-state index contributed by atoms with van der Waals surface area (Å²) < 4.78 is 5.35. The van der Waals surface area contributed by atoms with Crippen LogP contribution in [0.2, 0.25) is 0 Å². The van der Waals surface area contributed by atoms with Crippen LogP contribution in [0.25, 0.3) is 0 Å². The smallest absolute Gasteiger partial charge is 0.410 e. The van der Waals surface area contributed by atoms with E-state index in [-0.39, 0.29) is 5.91 Å². The fourth-order valence-electron chi connectivity index (χ4n) is 2.65. The normalized spacial score (nSPS) is 10.7. The Kier molecular flexibility index (Phi) is 7.38. The predicted octanol–water partition coefficient (Wildman–Crippen LogP) is 4.50. The van der Waals surface area contributed by atoms with Crippen LogP contribution < -0.4 is 5.32 Å². The van der Waals surface area contributed by atoms with Gasteiger partial charge < -0.3 is 15.0 Å². The minimum atomic E-state index is -0.546. The first-order valence-corrected chi connectivity index (χ1v) is 9.48. The quantitative estimate of drug-likeness (QED) is 0.783. The summed E-state index contributed by atoms with van der Waals surface area (Å²) in [7, 11) is 1.68. The first-order chi connectivity index (χ1) is 13.7. The zero-order valence-electron chi connectivity index (χ0n) is 17.4. The van der Waals surface area contributed by atoms with Crippen LogP contribution in [0.1, 0.15) is 43.9 Å². The summed E-state index contributed by atoms with van der Waals surface area (Å²) in [5, 5.41) is 11.7. The van der Waals surface area contributed by atoms with Gasteiger partial charge in [0.2, 0.25) is 5.91 Å². The minimum absolute atomic E-state index is 0.0907. The van der Waals surface area contributed by atoms with E-state index in [1.165, 1.54) is 4.90 Å². The number of carbonyl (C=O) groups excluding carboxylic acids is 2. The molecule has 29 heavy (non-hydrogen) atoms. The van der Waals surface area contributed by atoms with Crippen molar-refractivity contribution >= 4 is 17.7 Å². The lowest BCUT2D eigenvalue weighted by molar-refractivity contribution is -0.116. The van der Waals surface area contributed by atoms with Crippen LogP contribution in [0.15, 0.2) is 48.5 Å². The Morgan fingerprint density at radius 2 is 1.79 bits per heavy atom. The Bertz CT molecular complexity index is 893. The van der Waals surface area contributed by atoms with E-state index in [1.54, 1.807) is 19.2 Å². The molecule has 0 bridgehead atoms. The first-order valence-electron chi connectivity index (χ1n) is 9.48. The summed E-state index contributed by atoms with van der Waals surface area (Å²) in [6, 6.07) is 16.7. The van der Waals surface area contributed by atoms with Crippen LogP contribution in [-0.2, 0) is 22.5 Å². The van der Waals surface area contributed by atoms with Gasteiger partial charge in [0.25, 0.3) is 0 Å². The lowest BCUT2D eigenvalue weighted by Crippen LogP contribution is -2.33. The number of hydrogen-bond acceptors (Lipinski definition) is 4. The number of carbonyl (C=O) groups is 2. The second-order valence-corrected chi connectivity index (χ2v) is 7.89. The van der Waals surface area contributed by atoms with Gasteiger partial charge in [-0.15, -0.1) is 0 Å². The molecule has 0 saturated carbocycles. The average molecular weight is 393 g/mol. The number of ether oxygens (including phenoxy) is 1. The summed E-state index contributed by atoms with van der Waals surface area (Å²) in [5.74, 6) is -0.0907. The van der Waals surface area contributed by atoms with Gasteiger partial charge in [-0.3, -0.25) is 4.79 Å². The third-order valence-corrected chi connectivity index (χ3v) is 4.06. The van der Waals surface area contributed by atoms with Crippen molar-refractivity contribution in [3.8, 4) is 6.07 Å². The van der Waals surface area contributed by atoms with Crippen molar-refractivity contribution in [1.82, 2.24) is 4.90 Å². The Morgan fingerprint density at radius 1 is 1.10 bits per heavy atom. The number of nitrogens with one attached hydrogen (secondary N) is 1. The van der Waals surface area contributed by atoms with E-state index in [1.807, 2.05) is 57.2 Å². The van der Waals surface area contributed by atoms with E-state index in [2.05, 4.69) is 11.4 Å². The van der Waals surface area contributed by atoms with Crippen LogP contribution in [0.3, 0.4) is 0 Å². The van der Waals surface area contributed by atoms with Crippen LogP contribution in [0, 0.1) is 11.3 Å². The number of anilines is 1. The number of aryl methyl sites for hydroxylation is 1. The molecule has 1 N–H and O–H groups in total. The highest BCUT2D eigenvalue weighted by Crippen LogP contribution is 2.15. The maximum atomic E-state index is 12.3. The topological polar surface area (TPSA) is 82.4 Å². The molecule has 0 saturated heterocycles. The van der Waals surface area contributed by atoms with Crippen molar-refractivity contribution in [3.05, 3.63) is 65.2 Å². The standard InChI is InChI=1S/C23H27N3O3/c1-23(2,3)29-22(28)26(4)16-19-6-5-7-20(14-19)25-21(27)13-12-17-8-10-18(15-24)11-9-17/h5-11,14H,12-13,16H2,1-4H3,(H,25,27). The molecule has 0 atom stereocenters. The average Bonchev–Trinajstić information content (AvgIpc) is 2.65. The molecule has 0 aromatic heterocycles. The summed E-state index contributed by atoms with van der Waals surface area (Å²) >= 11 is 0. The highest BCUT2D eigenvalue weighted by atomic mass is 16.6. The van der Waals surface area contributed by atoms with Crippen LogP contribution >= 0.6 is 0 Å². The predicted molar refractivity (Wildman–Crippen MR) is 112 cm³/mol. The van der Waals surface area contributed by atoms with Gasteiger partial charge in [-0.25, -0.2) is 4.79 Å². The van der Waals surface area contributed by atoms with Gasteiger partial charge in [0, 0.05) is 25.7 Å². The number of nitriles is 1. The molecule has 2 amide bonds. The van der Waals surface area contributed by atoms with E-state index < -0.39 is 11.7 Å². The van der Waals surface area contributed by atoms with Crippen molar-refractivity contribution < 1.29 is 14.3 Å². The van der Waals surface area contributed by atoms with Crippen molar-refractivity contribution in [1.29, 1.82) is 5.26 Å². The van der Waals surface area contributed by atoms with Gasteiger partial charge in [-0.2, -0.15) is 5.26 Å². The van der Waals surface area contributed by atoms with Crippen LogP contribution in [0.5, 0.6) is 0 Å². The molecule has 2 aromatic carbocycles. The molecule has 0 aliphatic heterocycles. The monoisotopic (exact) mass is 393 g/mol. The molecule has 2 rings (SSSR count). The summed E-state index contributed by atoms with van der Waals surface area (Å²) in [6.45, 7) is 5.86. The molecule has 0 fully saturated rings. The van der Waals surface area contributed by atoms with Gasteiger partial charge in [0.1, 0.15) is 5.60 Å². The molecular weight excluding hydrogens is 366 g/mol. The van der Waals surface area contributed by atoms with E-state index in [4.69, 9.17) is 10.00 Å². The SMILES string of the molecule is CN(Cc1cccc(NC(=O)CCc2ccc(C#N)cc2)c1)C(=O)OC(C)(C)C. The number of rotatable bonds is 6. The van der Waals surface area contributed by atoms with Gasteiger partial charge in [-0.1, -0.05) is 24.3 Å².